The first-order valence-corrected chi connectivity index (χ1v) is 8.29. The van der Waals surface area contributed by atoms with Gasteiger partial charge in [0.05, 0.1) is 22.7 Å². The van der Waals surface area contributed by atoms with Crippen molar-refractivity contribution in [2.24, 2.45) is 5.10 Å². The normalized spacial score (nSPS) is 11.0. The Bertz CT molecular complexity index is 905. The zero-order valence-corrected chi connectivity index (χ0v) is 14.6. The number of hydrogen-bond donors (Lipinski definition) is 1. The number of carbonyl (C=O) groups is 1. The molecule has 3 aromatic rings. The lowest BCUT2D eigenvalue weighted by Gasteiger charge is -2.02. The maximum Gasteiger partial charge on any atom is 0.244 e. The molecule has 25 heavy (non-hydrogen) atoms. The Balaban J connectivity index is 1.62. The van der Waals surface area contributed by atoms with E-state index in [1.165, 1.54) is 6.21 Å². The summed E-state index contributed by atoms with van der Waals surface area (Å²) in [6, 6.07) is 18.3. The standard InChI is InChI=1S/C19H14Cl2N2O2/c20-16-8-4-7-15(19(16)21)17-10-9-14(25-17)12-22-23-18(24)11-13-5-2-1-3-6-13/h1-10,12H,11H2,(H,23,24)/b22-12+. The van der Waals surface area contributed by atoms with E-state index < -0.39 is 0 Å². The topological polar surface area (TPSA) is 54.6 Å². The Labute approximate surface area is 155 Å². The molecular weight excluding hydrogens is 359 g/mol. The first-order valence-electron chi connectivity index (χ1n) is 7.53. The minimum Gasteiger partial charge on any atom is -0.455 e. The van der Waals surface area contributed by atoms with Crippen molar-refractivity contribution >= 4 is 35.3 Å². The van der Waals surface area contributed by atoms with E-state index in [2.05, 4.69) is 10.5 Å². The van der Waals surface area contributed by atoms with E-state index in [4.69, 9.17) is 27.6 Å². The number of amides is 1. The van der Waals surface area contributed by atoms with Crippen molar-refractivity contribution in [2.45, 2.75) is 6.42 Å². The van der Waals surface area contributed by atoms with E-state index in [0.717, 1.165) is 5.56 Å². The Hall–Kier alpha value is -2.56. The molecule has 0 saturated carbocycles. The fourth-order valence-electron chi connectivity index (χ4n) is 2.25. The molecule has 126 valence electrons. The maximum atomic E-state index is 11.8. The molecule has 0 fully saturated rings. The fraction of sp³-hybridized carbons (Fsp3) is 0.0526. The van der Waals surface area contributed by atoms with Gasteiger partial charge in [-0.2, -0.15) is 5.10 Å². The van der Waals surface area contributed by atoms with Crippen LogP contribution in [0.5, 0.6) is 0 Å². The van der Waals surface area contributed by atoms with Gasteiger partial charge >= 0.3 is 0 Å². The lowest BCUT2D eigenvalue weighted by Crippen LogP contribution is -2.19. The summed E-state index contributed by atoms with van der Waals surface area (Å²) < 4.78 is 5.66. The number of nitrogens with one attached hydrogen (secondary N) is 1. The molecule has 0 aliphatic carbocycles. The minimum atomic E-state index is -0.202. The van der Waals surface area contributed by atoms with Gasteiger partial charge in [0.15, 0.2) is 0 Å². The molecule has 0 aliphatic heterocycles. The van der Waals surface area contributed by atoms with Crippen molar-refractivity contribution in [2.75, 3.05) is 0 Å². The van der Waals surface area contributed by atoms with Crippen molar-refractivity contribution in [1.29, 1.82) is 0 Å². The van der Waals surface area contributed by atoms with Crippen molar-refractivity contribution in [3.05, 3.63) is 82.0 Å². The van der Waals surface area contributed by atoms with Crippen LogP contribution in [-0.4, -0.2) is 12.1 Å². The third-order valence-corrected chi connectivity index (χ3v) is 4.25. The first-order chi connectivity index (χ1) is 12.1. The molecule has 2 aromatic carbocycles. The molecule has 0 unspecified atom stereocenters. The molecule has 4 nitrogen and oxygen atoms in total. The maximum absolute atomic E-state index is 11.8. The Kier molecular flexibility index (Phi) is 5.53. The van der Waals surface area contributed by atoms with E-state index >= 15 is 0 Å². The monoisotopic (exact) mass is 372 g/mol. The van der Waals surface area contributed by atoms with Crippen molar-refractivity contribution in [1.82, 2.24) is 5.43 Å². The average Bonchev–Trinajstić information content (AvgIpc) is 3.07. The van der Waals surface area contributed by atoms with Crippen LogP contribution in [0.1, 0.15) is 11.3 Å². The van der Waals surface area contributed by atoms with E-state index in [1.54, 1.807) is 24.3 Å². The van der Waals surface area contributed by atoms with Gasteiger partial charge in [-0.1, -0.05) is 59.6 Å². The summed E-state index contributed by atoms with van der Waals surface area (Å²) >= 11 is 12.2. The number of rotatable bonds is 5. The Morgan fingerprint density at radius 2 is 1.84 bits per heavy atom. The van der Waals surface area contributed by atoms with E-state index in [9.17, 15) is 4.79 Å². The highest BCUT2D eigenvalue weighted by atomic mass is 35.5. The number of hydrazone groups is 1. The quantitative estimate of drug-likeness (QED) is 0.508. The van der Waals surface area contributed by atoms with E-state index in [0.29, 0.717) is 27.1 Å². The molecule has 6 heteroatoms. The average molecular weight is 373 g/mol. The van der Waals surface area contributed by atoms with Gasteiger partial charge in [-0.25, -0.2) is 5.43 Å². The second-order valence-corrected chi connectivity index (χ2v) is 6.04. The molecule has 0 aliphatic rings. The van der Waals surface area contributed by atoms with Crippen LogP contribution in [0.2, 0.25) is 10.0 Å². The summed E-state index contributed by atoms with van der Waals surface area (Å²) in [5.41, 5.74) is 4.09. The van der Waals surface area contributed by atoms with Crippen LogP contribution >= 0.6 is 23.2 Å². The summed E-state index contributed by atoms with van der Waals surface area (Å²) in [6.07, 6.45) is 1.70. The third-order valence-electron chi connectivity index (χ3n) is 3.43. The van der Waals surface area contributed by atoms with Crippen LogP contribution < -0.4 is 5.43 Å². The molecule has 3 rings (SSSR count). The highest BCUT2D eigenvalue weighted by Crippen LogP contribution is 2.34. The van der Waals surface area contributed by atoms with Crippen LogP contribution in [0, 0.1) is 0 Å². The van der Waals surface area contributed by atoms with Crippen molar-refractivity contribution in [3.8, 4) is 11.3 Å². The summed E-state index contributed by atoms with van der Waals surface area (Å²) in [7, 11) is 0. The zero-order chi connectivity index (χ0) is 17.6. The Morgan fingerprint density at radius 3 is 2.64 bits per heavy atom. The smallest absolute Gasteiger partial charge is 0.244 e. The molecule has 0 spiro atoms. The van der Waals surface area contributed by atoms with E-state index in [-0.39, 0.29) is 12.3 Å². The van der Waals surface area contributed by atoms with Gasteiger partial charge in [0, 0.05) is 5.56 Å². The second kappa shape index (κ2) is 8.01. The van der Waals surface area contributed by atoms with Gasteiger partial charge in [0.2, 0.25) is 5.91 Å². The van der Waals surface area contributed by atoms with Gasteiger partial charge in [-0.15, -0.1) is 0 Å². The third kappa shape index (κ3) is 4.50. The van der Waals surface area contributed by atoms with Gasteiger partial charge in [-0.05, 0) is 29.8 Å². The van der Waals surface area contributed by atoms with Crippen molar-refractivity contribution < 1.29 is 9.21 Å². The predicted octanol–water partition coefficient (Wildman–Crippen LogP) is 4.95. The number of halogens is 2. The lowest BCUT2D eigenvalue weighted by molar-refractivity contribution is -0.120. The molecule has 1 heterocycles. The number of hydrogen-bond acceptors (Lipinski definition) is 3. The van der Waals surface area contributed by atoms with Crippen LogP contribution in [0.4, 0.5) is 0 Å². The molecule has 0 radical (unpaired) electrons. The summed E-state index contributed by atoms with van der Waals surface area (Å²) in [5.74, 6) is 0.864. The van der Waals surface area contributed by atoms with Crippen LogP contribution in [0.25, 0.3) is 11.3 Å². The molecule has 0 atom stereocenters. The number of benzene rings is 2. The van der Waals surface area contributed by atoms with Crippen LogP contribution in [0.15, 0.2) is 70.2 Å². The molecule has 0 bridgehead atoms. The highest BCUT2D eigenvalue weighted by molar-refractivity contribution is 6.43. The largest absolute Gasteiger partial charge is 0.455 e. The first kappa shape index (κ1) is 17.3. The summed E-state index contributed by atoms with van der Waals surface area (Å²) in [5, 5.41) is 4.79. The van der Waals surface area contributed by atoms with Crippen LogP contribution in [-0.2, 0) is 11.2 Å². The molecule has 1 N–H and O–H groups in total. The van der Waals surface area contributed by atoms with Gasteiger partial charge in [0.1, 0.15) is 11.5 Å². The van der Waals surface area contributed by atoms with Crippen molar-refractivity contribution in [3.63, 3.8) is 0 Å². The summed E-state index contributed by atoms with van der Waals surface area (Å²) in [4.78, 5) is 11.8. The SMILES string of the molecule is O=C(Cc1ccccc1)N/N=C/c1ccc(-c2cccc(Cl)c2Cl)o1. The fourth-order valence-corrected chi connectivity index (χ4v) is 2.64. The summed E-state index contributed by atoms with van der Waals surface area (Å²) in [6.45, 7) is 0. The molecule has 0 saturated heterocycles. The molecule has 1 amide bonds. The van der Waals surface area contributed by atoms with Gasteiger partial charge in [0.25, 0.3) is 0 Å². The second-order valence-electron chi connectivity index (χ2n) is 5.26. The van der Waals surface area contributed by atoms with Gasteiger partial charge < -0.3 is 4.42 Å². The zero-order valence-electron chi connectivity index (χ0n) is 13.1. The van der Waals surface area contributed by atoms with Crippen LogP contribution in [0.3, 0.4) is 0 Å². The number of nitrogens with zero attached hydrogens (tertiary/aromatic N) is 1. The molecular formula is C19H14Cl2N2O2. The van der Waals surface area contributed by atoms with E-state index in [1.807, 2.05) is 36.4 Å². The lowest BCUT2D eigenvalue weighted by atomic mass is 10.1. The predicted molar refractivity (Wildman–Crippen MR) is 100 cm³/mol. The number of carbonyl (C=O) groups excluding carboxylic acids is 1. The highest BCUT2D eigenvalue weighted by Gasteiger charge is 2.10. The Morgan fingerprint density at radius 1 is 1.04 bits per heavy atom. The van der Waals surface area contributed by atoms with Gasteiger partial charge in [-0.3, -0.25) is 4.79 Å². The minimum absolute atomic E-state index is 0.202. The molecule has 1 aromatic heterocycles. The number of furan rings is 1.